The van der Waals surface area contributed by atoms with Crippen molar-refractivity contribution in [2.75, 3.05) is 31.6 Å². The molecule has 2 aromatic carbocycles. The van der Waals surface area contributed by atoms with Gasteiger partial charge < -0.3 is 31.2 Å². The Kier molecular flexibility index (Phi) is 10.1. The van der Waals surface area contributed by atoms with Gasteiger partial charge in [-0.1, -0.05) is 42.5 Å². The molecule has 0 aliphatic carbocycles. The van der Waals surface area contributed by atoms with Crippen LogP contribution >= 0.6 is 0 Å². The molecule has 1 fully saturated rings. The van der Waals surface area contributed by atoms with E-state index in [-0.39, 0.29) is 37.0 Å². The number of morpholine rings is 1. The number of nitrogens with zero attached hydrogens (tertiary/aromatic N) is 1. The number of ether oxygens (including phenoxy) is 2. The third kappa shape index (κ3) is 8.84. The van der Waals surface area contributed by atoms with Gasteiger partial charge >= 0.3 is 12.3 Å². The summed E-state index contributed by atoms with van der Waals surface area (Å²) in [6, 6.07) is 12.3. The predicted molar refractivity (Wildman–Crippen MR) is 144 cm³/mol. The molecule has 0 radical (unpaired) electrons. The largest absolute Gasteiger partial charge is 0.448 e. The number of benzene rings is 2. The van der Waals surface area contributed by atoms with Crippen molar-refractivity contribution in [3.63, 3.8) is 0 Å². The quantitative estimate of drug-likeness (QED) is 0.272. The van der Waals surface area contributed by atoms with Gasteiger partial charge in [0.15, 0.2) is 0 Å². The van der Waals surface area contributed by atoms with Crippen molar-refractivity contribution < 1.29 is 36.6 Å². The Hall–Kier alpha value is -3.81. The van der Waals surface area contributed by atoms with Crippen LogP contribution in [0.4, 0.5) is 28.0 Å². The Bertz CT molecular complexity index is 1340. The number of pyridine rings is 1. The van der Waals surface area contributed by atoms with Crippen molar-refractivity contribution in [3.05, 3.63) is 71.8 Å². The van der Waals surface area contributed by atoms with E-state index >= 15 is 0 Å². The minimum absolute atomic E-state index is 0.142. The normalized spacial score (nSPS) is 18.1. The fraction of sp³-hybridized carbons (Fsp3) is 0.393. The van der Waals surface area contributed by atoms with Crippen LogP contribution < -0.4 is 21.7 Å². The van der Waals surface area contributed by atoms with Crippen LogP contribution in [0.3, 0.4) is 0 Å². The van der Waals surface area contributed by atoms with Crippen molar-refractivity contribution in [3.8, 4) is 0 Å². The van der Waals surface area contributed by atoms with E-state index in [1.54, 1.807) is 5.32 Å². The maximum Gasteiger partial charge on any atom is 0.407 e. The molecule has 41 heavy (non-hydrogen) atoms. The highest BCUT2D eigenvalue weighted by atomic mass is 19.4. The van der Waals surface area contributed by atoms with E-state index in [1.165, 1.54) is 6.20 Å². The van der Waals surface area contributed by atoms with Crippen LogP contribution in [-0.2, 0) is 27.1 Å². The maximum atomic E-state index is 14.7. The van der Waals surface area contributed by atoms with E-state index in [1.807, 2.05) is 42.5 Å². The fourth-order valence-corrected chi connectivity index (χ4v) is 4.51. The van der Waals surface area contributed by atoms with Crippen molar-refractivity contribution in [2.45, 2.75) is 43.6 Å². The van der Waals surface area contributed by atoms with E-state index in [2.05, 4.69) is 15.6 Å². The number of rotatable bonds is 10. The number of fused-ring (bicyclic) bond motifs is 1. The minimum Gasteiger partial charge on any atom is -0.448 e. The average molecular weight is 578 g/mol. The van der Waals surface area contributed by atoms with Gasteiger partial charge in [0.2, 0.25) is 5.91 Å². The molecule has 3 atom stereocenters. The summed E-state index contributed by atoms with van der Waals surface area (Å²) in [4.78, 5) is 28.2. The number of halogens is 4. The lowest BCUT2D eigenvalue weighted by molar-refractivity contribution is -0.124. The standard InChI is InChI=1S/C28H31F4N5O4/c29-23-12-34-13-25(37-26(38)24(33)10-18-6-3-5-17-4-1-2-7-21(17)18)22(23)9-8-20-11-35-19(14-40-20)15-41-27(39)36-16-28(30,31)32/h1-7,12-13,19-20,24,35H,8-11,14-16,33H2,(H,36,39)(H,37,38)/t19-,20+,24-/m0/s1. The summed E-state index contributed by atoms with van der Waals surface area (Å²) in [6.07, 6.45) is -2.65. The molecule has 220 valence electrons. The number of aromatic nitrogens is 1. The Balaban J connectivity index is 1.26. The molecule has 9 nitrogen and oxygen atoms in total. The first-order chi connectivity index (χ1) is 19.6. The first kappa shape index (κ1) is 30.2. The summed E-state index contributed by atoms with van der Waals surface area (Å²) in [7, 11) is 0. The van der Waals surface area contributed by atoms with Crippen LogP contribution in [0, 0.1) is 5.82 Å². The lowest BCUT2D eigenvalue weighted by Crippen LogP contribution is -2.49. The molecule has 4 rings (SSSR count). The molecule has 5 N–H and O–H groups in total. The molecular weight excluding hydrogens is 546 g/mol. The Morgan fingerprint density at radius 2 is 1.95 bits per heavy atom. The first-order valence-corrected chi connectivity index (χ1v) is 13.1. The summed E-state index contributed by atoms with van der Waals surface area (Å²) < 4.78 is 61.8. The number of amides is 2. The molecule has 0 unspecified atom stereocenters. The zero-order chi connectivity index (χ0) is 29.4. The smallest absolute Gasteiger partial charge is 0.407 e. The van der Waals surface area contributed by atoms with E-state index in [4.69, 9.17) is 15.2 Å². The van der Waals surface area contributed by atoms with Crippen LogP contribution in [0.15, 0.2) is 54.9 Å². The van der Waals surface area contributed by atoms with Gasteiger partial charge in [0, 0.05) is 12.1 Å². The highest BCUT2D eigenvalue weighted by Gasteiger charge is 2.29. The van der Waals surface area contributed by atoms with Gasteiger partial charge in [0.25, 0.3) is 0 Å². The molecule has 1 aromatic heterocycles. The van der Waals surface area contributed by atoms with E-state index in [9.17, 15) is 27.2 Å². The highest BCUT2D eigenvalue weighted by Crippen LogP contribution is 2.23. The molecule has 1 aliphatic heterocycles. The summed E-state index contributed by atoms with van der Waals surface area (Å²) in [5, 5.41) is 9.49. The van der Waals surface area contributed by atoms with Gasteiger partial charge in [-0.2, -0.15) is 13.2 Å². The third-order valence-corrected chi connectivity index (χ3v) is 6.65. The second-order valence-electron chi connectivity index (χ2n) is 9.75. The van der Waals surface area contributed by atoms with Crippen molar-refractivity contribution in [1.82, 2.24) is 15.6 Å². The number of anilines is 1. The van der Waals surface area contributed by atoms with Crippen molar-refractivity contribution >= 4 is 28.5 Å². The van der Waals surface area contributed by atoms with Crippen molar-refractivity contribution in [2.24, 2.45) is 5.73 Å². The molecule has 3 aromatic rings. The van der Waals surface area contributed by atoms with Gasteiger partial charge in [-0.05, 0) is 35.6 Å². The monoisotopic (exact) mass is 577 g/mol. The number of carbonyl (C=O) groups is 2. The fourth-order valence-electron chi connectivity index (χ4n) is 4.51. The second kappa shape index (κ2) is 13.7. The number of alkyl halides is 3. The number of hydrogen-bond acceptors (Lipinski definition) is 7. The first-order valence-electron chi connectivity index (χ1n) is 13.1. The average Bonchev–Trinajstić information content (AvgIpc) is 2.95. The molecule has 2 heterocycles. The van der Waals surface area contributed by atoms with Crippen LogP contribution in [0.5, 0.6) is 0 Å². The van der Waals surface area contributed by atoms with Gasteiger partial charge in [0.1, 0.15) is 19.0 Å². The zero-order valence-corrected chi connectivity index (χ0v) is 22.0. The number of carbonyl (C=O) groups excluding carboxylic acids is 2. The number of hydrogen-bond donors (Lipinski definition) is 4. The third-order valence-electron chi connectivity index (χ3n) is 6.65. The topological polar surface area (TPSA) is 128 Å². The number of alkyl carbamates (subject to hydrolysis) is 1. The lowest BCUT2D eigenvalue weighted by Gasteiger charge is -2.30. The van der Waals surface area contributed by atoms with Gasteiger partial charge in [-0.25, -0.2) is 9.18 Å². The Labute approximate surface area is 233 Å². The summed E-state index contributed by atoms with van der Waals surface area (Å²) >= 11 is 0. The van der Waals surface area contributed by atoms with Gasteiger partial charge in [-0.15, -0.1) is 0 Å². The van der Waals surface area contributed by atoms with Gasteiger partial charge in [-0.3, -0.25) is 9.78 Å². The minimum atomic E-state index is -4.53. The van der Waals surface area contributed by atoms with E-state index in [0.29, 0.717) is 19.4 Å². The lowest BCUT2D eigenvalue weighted by atomic mass is 9.98. The molecule has 0 bridgehead atoms. The van der Waals surface area contributed by atoms with E-state index < -0.39 is 42.6 Å². The Morgan fingerprint density at radius 3 is 2.71 bits per heavy atom. The van der Waals surface area contributed by atoms with Crippen LogP contribution in [0.1, 0.15) is 17.5 Å². The molecule has 1 saturated heterocycles. The highest BCUT2D eigenvalue weighted by molar-refractivity contribution is 5.96. The molecule has 2 amide bonds. The summed E-state index contributed by atoms with van der Waals surface area (Å²) in [6.45, 7) is -1.16. The molecule has 0 spiro atoms. The molecule has 0 saturated carbocycles. The predicted octanol–water partition coefficient (Wildman–Crippen LogP) is 3.46. The van der Waals surface area contributed by atoms with Crippen molar-refractivity contribution in [1.29, 1.82) is 0 Å². The SMILES string of the molecule is N[C@@H](Cc1cccc2ccccc12)C(=O)Nc1cncc(F)c1CC[C@@H]1CN[C@H](COC(=O)NCC(F)(F)F)CO1. The zero-order valence-electron chi connectivity index (χ0n) is 22.0. The summed E-state index contributed by atoms with van der Waals surface area (Å²) in [5.41, 5.74) is 7.64. The van der Waals surface area contributed by atoms with E-state index in [0.717, 1.165) is 22.5 Å². The second-order valence-corrected chi connectivity index (χ2v) is 9.75. The summed E-state index contributed by atoms with van der Waals surface area (Å²) in [5.74, 6) is -1.05. The molecule has 13 heteroatoms. The van der Waals surface area contributed by atoms with Crippen LogP contribution in [0.2, 0.25) is 0 Å². The van der Waals surface area contributed by atoms with Gasteiger partial charge in [0.05, 0.1) is 42.9 Å². The van der Waals surface area contributed by atoms with Crippen LogP contribution in [0.25, 0.3) is 10.8 Å². The number of nitrogens with two attached hydrogens (primary N) is 1. The Morgan fingerprint density at radius 1 is 1.17 bits per heavy atom. The molecule has 1 aliphatic rings. The molecular formula is C28H31F4N5O4. The maximum absolute atomic E-state index is 14.7. The van der Waals surface area contributed by atoms with Crippen LogP contribution in [-0.4, -0.2) is 67.7 Å². The number of nitrogens with one attached hydrogen (secondary N) is 3.